The molecule has 0 aliphatic heterocycles. The topological polar surface area (TPSA) is 43.4 Å². The van der Waals surface area contributed by atoms with Gasteiger partial charge in [0.15, 0.2) is 0 Å². The van der Waals surface area contributed by atoms with Gasteiger partial charge in [0.2, 0.25) is 0 Å². The summed E-state index contributed by atoms with van der Waals surface area (Å²) in [6.45, 7) is 7.95. The van der Waals surface area contributed by atoms with E-state index in [2.05, 4.69) is 25.5 Å². The Balaban J connectivity index is 2.81. The lowest BCUT2D eigenvalue weighted by Gasteiger charge is -2.18. The van der Waals surface area contributed by atoms with Crippen LogP contribution < -0.4 is 0 Å². The molecule has 1 aromatic rings. The molecule has 0 radical (unpaired) electrons. The third kappa shape index (κ3) is 3.70. The van der Waals surface area contributed by atoms with E-state index in [-0.39, 0.29) is 11.8 Å². The zero-order valence-corrected chi connectivity index (χ0v) is 10.7. The summed E-state index contributed by atoms with van der Waals surface area (Å²) in [5.74, 6) is -1.09. The van der Waals surface area contributed by atoms with E-state index in [9.17, 15) is 9.59 Å². The summed E-state index contributed by atoms with van der Waals surface area (Å²) in [6, 6.07) is 7.14. The van der Waals surface area contributed by atoms with Crippen molar-refractivity contribution in [3.8, 4) is 0 Å². The molecule has 0 saturated heterocycles. The van der Waals surface area contributed by atoms with Crippen LogP contribution in [0.3, 0.4) is 0 Å². The molecule has 0 unspecified atom stereocenters. The van der Waals surface area contributed by atoms with E-state index in [0.29, 0.717) is 5.56 Å². The summed E-state index contributed by atoms with van der Waals surface area (Å²) in [4.78, 5) is 22.5. The molecular formula is C14H18O3. The standard InChI is InChI=1S/C14H18O3/c1-5-12(15)17-13(16)10-6-8-11(9-7-10)14(2,3)4/h6-9H,5H2,1-4H3. The third-order valence-corrected chi connectivity index (χ3v) is 2.48. The molecule has 1 aromatic carbocycles. The Morgan fingerprint density at radius 1 is 1.12 bits per heavy atom. The Morgan fingerprint density at radius 3 is 2.06 bits per heavy atom. The second kappa shape index (κ2) is 5.13. The van der Waals surface area contributed by atoms with Gasteiger partial charge in [-0.25, -0.2) is 4.79 Å². The van der Waals surface area contributed by atoms with Crippen molar-refractivity contribution in [1.29, 1.82) is 0 Å². The molecule has 0 fully saturated rings. The van der Waals surface area contributed by atoms with Crippen LogP contribution in [-0.4, -0.2) is 11.9 Å². The van der Waals surface area contributed by atoms with Gasteiger partial charge < -0.3 is 4.74 Å². The molecule has 0 heterocycles. The second-order valence-corrected chi connectivity index (χ2v) is 4.94. The molecule has 1 rings (SSSR count). The van der Waals surface area contributed by atoms with Crippen molar-refractivity contribution in [2.75, 3.05) is 0 Å². The second-order valence-electron chi connectivity index (χ2n) is 4.94. The highest BCUT2D eigenvalue weighted by molar-refractivity contribution is 5.96. The van der Waals surface area contributed by atoms with Crippen LogP contribution in [0.25, 0.3) is 0 Å². The summed E-state index contributed by atoms with van der Waals surface area (Å²) in [7, 11) is 0. The molecule has 0 aromatic heterocycles. The predicted molar refractivity (Wildman–Crippen MR) is 65.9 cm³/mol. The quantitative estimate of drug-likeness (QED) is 0.583. The molecule has 3 nitrogen and oxygen atoms in total. The minimum atomic E-state index is -0.586. The molecule has 0 aliphatic rings. The molecule has 0 N–H and O–H groups in total. The summed E-state index contributed by atoms with van der Waals surface area (Å²) in [6.07, 6.45) is 0.200. The van der Waals surface area contributed by atoms with Gasteiger partial charge in [-0.1, -0.05) is 39.8 Å². The number of hydrogen-bond acceptors (Lipinski definition) is 3. The lowest BCUT2D eigenvalue weighted by atomic mass is 9.87. The lowest BCUT2D eigenvalue weighted by molar-refractivity contribution is -0.137. The third-order valence-electron chi connectivity index (χ3n) is 2.48. The van der Waals surface area contributed by atoms with Gasteiger partial charge in [0, 0.05) is 6.42 Å². The molecule has 0 aliphatic carbocycles. The first-order valence-corrected chi connectivity index (χ1v) is 5.70. The van der Waals surface area contributed by atoms with E-state index in [0.717, 1.165) is 5.56 Å². The monoisotopic (exact) mass is 234 g/mol. The molecule has 0 amide bonds. The SMILES string of the molecule is CCC(=O)OC(=O)c1ccc(C(C)(C)C)cc1. The fourth-order valence-electron chi connectivity index (χ4n) is 1.34. The molecule has 0 saturated carbocycles. The van der Waals surface area contributed by atoms with Crippen LogP contribution in [0.5, 0.6) is 0 Å². The minimum Gasteiger partial charge on any atom is -0.389 e. The number of ether oxygens (including phenoxy) is 1. The molecule has 17 heavy (non-hydrogen) atoms. The molecule has 92 valence electrons. The summed E-state index contributed by atoms with van der Waals surface area (Å²) in [5.41, 5.74) is 1.58. The van der Waals surface area contributed by atoms with Crippen LogP contribution in [0, 0.1) is 0 Å². The van der Waals surface area contributed by atoms with Gasteiger partial charge in [0.1, 0.15) is 0 Å². The van der Waals surface area contributed by atoms with Crippen molar-refractivity contribution < 1.29 is 14.3 Å². The Labute approximate surface area is 102 Å². The smallest absolute Gasteiger partial charge is 0.345 e. The van der Waals surface area contributed by atoms with Crippen molar-refractivity contribution in [2.24, 2.45) is 0 Å². The highest BCUT2D eigenvalue weighted by Crippen LogP contribution is 2.22. The van der Waals surface area contributed by atoms with Gasteiger partial charge in [-0.05, 0) is 23.1 Å². The molecule has 0 spiro atoms. The van der Waals surface area contributed by atoms with Crippen LogP contribution in [0.4, 0.5) is 0 Å². The van der Waals surface area contributed by atoms with Gasteiger partial charge >= 0.3 is 11.9 Å². The molecule has 3 heteroatoms. The van der Waals surface area contributed by atoms with E-state index in [1.54, 1.807) is 19.1 Å². The number of carbonyl (C=O) groups is 2. The summed E-state index contributed by atoms with van der Waals surface area (Å²) < 4.78 is 4.63. The number of carbonyl (C=O) groups excluding carboxylic acids is 2. The number of esters is 2. The van der Waals surface area contributed by atoms with Gasteiger partial charge in [-0.2, -0.15) is 0 Å². The molecule has 0 bridgehead atoms. The minimum absolute atomic E-state index is 0.0433. The maximum Gasteiger partial charge on any atom is 0.345 e. The van der Waals surface area contributed by atoms with Crippen molar-refractivity contribution in [3.63, 3.8) is 0 Å². The Bertz CT molecular complexity index is 410. The largest absolute Gasteiger partial charge is 0.389 e. The maximum atomic E-state index is 11.5. The van der Waals surface area contributed by atoms with E-state index in [1.165, 1.54) is 0 Å². The van der Waals surface area contributed by atoms with Crippen molar-refractivity contribution in [3.05, 3.63) is 35.4 Å². The average molecular weight is 234 g/mol. The van der Waals surface area contributed by atoms with Crippen LogP contribution in [0.15, 0.2) is 24.3 Å². The van der Waals surface area contributed by atoms with E-state index in [1.807, 2.05) is 12.1 Å². The van der Waals surface area contributed by atoms with Crippen LogP contribution in [0.2, 0.25) is 0 Å². The summed E-state index contributed by atoms with van der Waals surface area (Å²) in [5, 5.41) is 0. The highest BCUT2D eigenvalue weighted by Gasteiger charge is 2.15. The van der Waals surface area contributed by atoms with Crippen molar-refractivity contribution in [2.45, 2.75) is 39.5 Å². The van der Waals surface area contributed by atoms with E-state index < -0.39 is 11.9 Å². The average Bonchev–Trinajstić information content (AvgIpc) is 2.27. The first-order chi connectivity index (χ1) is 7.84. The number of rotatable bonds is 2. The number of hydrogen-bond donors (Lipinski definition) is 0. The van der Waals surface area contributed by atoms with Crippen LogP contribution in [0.1, 0.15) is 50.0 Å². The normalized spacial score (nSPS) is 11.1. The van der Waals surface area contributed by atoms with Crippen molar-refractivity contribution in [1.82, 2.24) is 0 Å². The van der Waals surface area contributed by atoms with E-state index in [4.69, 9.17) is 0 Å². The first kappa shape index (κ1) is 13.4. The van der Waals surface area contributed by atoms with E-state index >= 15 is 0 Å². The van der Waals surface area contributed by atoms with Crippen LogP contribution in [-0.2, 0) is 14.9 Å². The van der Waals surface area contributed by atoms with Crippen LogP contribution >= 0.6 is 0 Å². The van der Waals surface area contributed by atoms with Gasteiger partial charge in [0.05, 0.1) is 5.56 Å². The van der Waals surface area contributed by atoms with Crippen molar-refractivity contribution >= 4 is 11.9 Å². The Kier molecular flexibility index (Phi) is 4.05. The Hall–Kier alpha value is -1.64. The zero-order chi connectivity index (χ0) is 13.1. The fourth-order valence-corrected chi connectivity index (χ4v) is 1.34. The molecular weight excluding hydrogens is 216 g/mol. The lowest BCUT2D eigenvalue weighted by Crippen LogP contribution is -2.13. The van der Waals surface area contributed by atoms with Gasteiger partial charge in [-0.3, -0.25) is 4.79 Å². The first-order valence-electron chi connectivity index (χ1n) is 5.70. The predicted octanol–water partition coefficient (Wildman–Crippen LogP) is 3.08. The van der Waals surface area contributed by atoms with Gasteiger partial charge in [-0.15, -0.1) is 0 Å². The van der Waals surface area contributed by atoms with Gasteiger partial charge in [0.25, 0.3) is 0 Å². The fraction of sp³-hybridized carbons (Fsp3) is 0.429. The zero-order valence-electron chi connectivity index (χ0n) is 10.7. The molecule has 0 atom stereocenters. The highest BCUT2D eigenvalue weighted by atomic mass is 16.6. The number of benzene rings is 1. The Morgan fingerprint density at radius 2 is 1.65 bits per heavy atom. The maximum absolute atomic E-state index is 11.5. The summed E-state index contributed by atoms with van der Waals surface area (Å²) >= 11 is 0.